The fraction of sp³-hybridized carbons (Fsp3) is 0.500. The van der Waals surface area contributed by atoms with E-state index in [1.807, 2.05) is 11.7 Å². The second kappa shape index (κ2) is 7.20. The van der Waals surface area contributed by atoms with E-state index in [2.05, 4.69) is 53.5 Å². The molecule has 0 amide bonds. The highest BCUT2D eigenvalue weighted by Crippen LogP contribution is 2.14. The highest BCUT2D eigenvalue weighted by Gasteiger charge is 2.14. The molecule has 0 saturated carbocycles. The Morgan fingerprint density at radius 2 is 2.15 bits per heavy atom. The van der Waals surface area contributed by atoms with Crippen molar-refractivity contribution in [2.24, 2.45) is 5.92 Å². The van der Waals surface area contributed by atoms with Crippen molar-refractivity contribution in [1.82, 2.24) is 20.1 Å². The van der Waals surface area contributed by atoms with E-state index in [1.54, 1.807) is 6.33 Å². The van der Waals surface area contributed by atoms with E-state index in [1.165, 1.54) is 11.1 Å². The summed E-state index contributed by atoms with van der Waals surface area (Å²) in [6, 6.07) is 8.76. The van der Waals surface area contributed by atoms with Crippen LogP contribution >= 0.6 is 0 Å². The lowest BCUT2D eigenvalue weighted by atomic mass is 9.95. The molecule has 0 aliphatic carbocycles. The van der Waals surface area contributed by atoms with Crippen LogP contribution in [0.25, 0.3) is 0 Å². The molecule has 0 saturated heterocycles. The van der Waals surface area contributed by atoms with Crippen LogP contribution < -0.4 is 5.32 Å². The third-order valence-corrected chi connectivity index (χ3v) is 3.57. The molecule has 1 aromatic heterocycles. The van der Waals surface area contributed by atoms with Crippen molar-refractivity contribution in [3.63, 3.8) is 0 Å². The van der Waals surface area contributed by atoms with Gasteiger partial charge in [-0.3, -0.25) is 4.68 Å². The van der Waals surface area contributed by atoms with Gasteiger partial charge in [0.1, 0.15) is 12.2 Å². The maximum atomic E-state index is 4.39. The van der Waals surface area contributed by atoms with Gasteiger partial charge >= 0.3 is 0 Å². The van der Waals surface area contributed by atoms with Gasteiger partial charge < -0.3 is 5.32 Å². The number of benzene rings is 1. The zero-order valence-electron chi connectivity index (χ0n) is 12.6. The first kappa shape index (κ1) is 14.7. The van der Waals surface area contributed by atoms with Crippen LogP contribution in [0.1, 0.15) is 23.9 Å². The van der Waals surface area contributed by atoms with Gasteiger partial charge in [0.05, 0.1) is 0 Å². The van der Waals surface area contributed by atoms with Crippen molar-refractivity contribution in [3.8, 4) is 0 Å². The van der Waals surface area contributed by atoms with E-state index in [0.717, 1.165) is 31.8 Å². The minimum atomic E-state index is 0.538. The monoisotopic (exact) mass is 272 g/mol. The molecule has 108 valence electrons. The minimum Gasteiger partial charge on any atom is -0.319 e. The number of aromatic nitrogens is 3. The summed E-state index contributed by atoms with van der Waals surface area (Å²) in [4.78, 5) is 4.39. The average molecular weight is 272 g/mol. The van der Waals surface area contributed by atoms with Crippen molar-refractivity contribution < 1.29 is 0 Å². The molecule has 2 aromatic rings. The molecule has 4 nitrogen and oxygen atoms in total. The summed E-state index contributed by atoms with van der Waals surface area (Å²) in [7, 11) is 2.01. The maximum Gasteiger partial charge on any atom is 0.138 e. The Morgan fingerprint density at radius 1 is 1.30 bits per heavy atom. The number of nitrogens with one attached hydrogen (secondary N) is 1. The first-order chi connectivity index (χ1) is 9.72. The van der Waals surface area contributed by atoms with Gasteiger partial charge in [0.2, 0.25) is 0 Å². The van der Waals surface area contributed by atoms with Crippen molar-refractivity contribution >= 4 is 0 Å². The normalized spacial score (nSPS) is 12.6. The molecule has 0 spiro atoms. The van der Waals surface area contributed by atoms with Crippen molar-refractivity contribution in [3.05, 3.63) is 47.5 Å². The zero-order chi connectivity index (χ0) is 14.4. The molecule has 1 unspecified atom stereocenters. The number of hydrogen-bond donors (Lipinski definition) is 1. The smallest absolute Gasteiger partial charge is 0.138 e. The fourth-order valence-corrected chi connectivity index (χ4v) is 2.65. The Balaban J connectivity index is 2.07. The van der Waals surface area contributed by atoms with Gasteiger partial charge in [-0.05, 0) is 45.3 Å². The van der Waals surface area contributed by atoms with Crippen LogP contribution in [0, 0.1) is 12.8 Å². The van der Waals surface area contributed by atoms with E-state index < -0.39 is 0 Å². The number of hydrogen-bond acceptors (Lipinski definition) is 3. The summed E-state index contributed by atoms with van der Waals surface area (Å²) in [6.07, 6.45) is 3.68. The van der Waals surface area contributed by atoms with Crippen LogP contribution in [0.5, 0.6) is 0 Å². The lowest BCUT2D eigenvalue weighted by molar-refractivity contribution is 0.464. The Labute approximate surface area is 121 Å². The topological polar surface area (TPSA) is 42.7 Å². The first-order valence-electron chi connectivity index (χ1n) is 7.29. The van der Waals surface area contributed by atoms with E-state index in [0.29, 0.717) is 5.92 Å². The predicted octanol–water partition coefficient (Wildman–Crippen LogP) is 2.23. The summed E-state index contributed by atoms with van der Waals surface area (Å²) in [6.45, 7) is 6.12. The Kier molecular flexibility index (Phi) is 5.30. The molecular weight excluding hydrogens is 248 g/mol. The van der Waals surface area contributed by atoms with Gasteiger partial charge in [-0.2, -0.15) is 5.10 Å². The third-order valence-electron chi connectivity index (χ3n) is 3.57. The number of rotatable bonds is 7. The Bertz CT molecular complexity index is 533. The van der Waals surface area contributed by atoms with Crippen LogP contribution in [-0.4, -0.2) is 28.4 Å². The van der Waals surface area contributed by atoms with Crippen molar-refractivity contribution in [1.29, 1.82) is 0 Å². The molecule has 1 heterocycles. The Hall–Kier alpha value is -1.68. The molecule has 0 radical (unpaired) electrons. The zero-order valence-corrected chi connectivity index (χ0v) is 12.6. The molecular formula is C16H24N4. The van der Waals surface area contributed by atoms with E-state index >= 15 is 0 Å². The predicted molar refractivity (Wildman–Crippen MR) is 81.7 cm³/mol. The molecule has 4 heteroatoms. The second-order valence-electron chi connectivity index (χ2n) is 5.31. The quantitative estimate of drug-likeness (QED) is 0.840. The molecule has 2 rings (SSSR count). The summed E-state index contributed by atoms with van der Waals surface area (Å²) >= 11 is 0. The van der Waals surface area contributed by atoms with Gasteiger partial charge in [0.25, 0.3) is 0 Å². The van der Waals surface area contributed by atoms with E-state index in [9.17, 15) is 0 Å². The Morgan fingerprint density at radius 3 is 2.85 bits per heavy atom. The number of aryl methyl sites for hydroxylation is 2. The van der Waals surface area contributed by atoms with Gasteiger partial charge in [0.15, 0.2) is 0 Å². The van der Waals surface area contributed by atoms with Crippen LogP contribution in [0.4, 0.5) is 0 Å². The average Bonchev–Trinajstić information content (AvgIpc) is 2.86. The van der Waals surface area contributed by atoms with Crippen molar-refractivity contribution in [2.75, 3.05) is 13.6 Å². The van der Waals surface area contributed by atoms with E-state index in [4.69, 9.17) is 0 Å². The van der Waals surface area contributed by atoms with Crippen molar-refractivity contribution in [2.45, 2.75) is 33.2 Å². The van der Waals surface area contributed by atoms with Crippen LogP contribution in [0.3, 0.4) is 0 Å². The van der Waals surface area contributed by atoms with Gasteiger partial charge in [0, 0.05) is 13.0 Å². The summed E-state index contributed by atoms with van der Waals surface area (Å²) in [5, 5.41) is 7.55. The summed E-state index contributed by atoms with van der Waals surface area (Å²) < 4.78 is 1.99. The molecule has 1 N–H and O–H groups in total. The van der Waals surface area contributed by atoms with Gasteiger partial charge in [-0.15, -0.1) is 0 Å². The van der Waals surface area contributed by atoms with E-state index in [-0.39, 0.29) is 0 Å². The number of nitrogens with zero attached hydrogens (tertiary/aromatic N) is 3. The molecule has 20 heavy (non-hydrogen) atoms. The highest BCUT2D eigenvalue weighted by atomic mass is 15.3. The van der Waals surface area contributed by atoms with Crippen LogP contribution in [0.15, 0.2) is 30.6 Å². The third kappa shape index (κ3) is 3.90. The maximum absolute atomic E-state index is 4.39. The standard InChI is InChI=1S/C16H24N4/c1-4-20-16(18-12-19-20)10-15(11-17-3)9-14-7-5-6-13(2)8-14/h5-8,12,15,17H,4,9-11H2,1-3H3. The second-order valence-corrected chi connectivity index (χ2v) is 5.31. The largest absolute Gasteiger partial charge is 0.319 e. The molecule has 1 aromatic carbocycles. The molecule has 0 aliphatic rings. The van der Waals surface area contributed by atoms with Gasteiger partial charge in [-0.1, -0.05) is 29.8 Å². The fourth-order valence-electron chi connectivity index (χ4n) is 2.65. The molecule has 1 atom stereocenters. The highest BCUT2D eigenvalue weighted by molar-refractivity contribution is 5.22. The molecule has 0 fully saturated rings. The van der Waals surface area contributed by atoms with Crippen LogP contribution in [0.2, 0.25) is 0 Å². The minimum absolute atomic E-state index is 0.538. The summed E-state index contributed by atoms with van der Waals surface area (Å²) in [5.41, 5.74) is 2.72. The van der Waals surface area contributed by atoms with Gasteiger partial charge in [-0.25, -0.2) is 4.98 Å². The lowest BCUT2D eigenvalue weighted by Crippen LogP contribution is -2.24. The van der Waals surface area contributed by atoms with Crippen LogP contribution in [-0.2, 0) is 19.4 Å². The first-order valence-corrected chi connectivity index (χ1v) is 7.29. The SMILES string of the molecule is CCn1ncnc1CC(CNC)Cc1cccc(C)c1. The lowest BCUT2D eigenvalue weighted by Gasteiger charge is -2.17. The molecule has 0 aliphatic heterocycles. The summed E-state index contributed by atoms with van der Waals surface area (Å²) in [5.74, 6) is 1.62. The molecule has 0 bridgehead atoms.